The van der Waals surface area contributed by atoms with Crippen LogP contribution >= 0.6 is 0 Å². The average molecular weight is 395 g/mol. The molecule has 0 aromatic heterocycles. The highest BCUT2D eigenvalue weighted by Crippen LogP contribution is 2.29. The lowest BCUT2D eigenvalue weighted by atomic mass is 9.96. The Bertz CT molecular complexity index is 609. The second-order valence-corrected chi connectivity index (χ2v) is 6.01. The fourth-order valence-corrected chi connectivity index (χ4v) is 2.75. The Morgan fingerprint density at radius 2 is 1.81 bits per heavy atom. The van der Waals surface area contributed by atoms with Gasteiger partial charge >= 0.3 is 5.97 Å². The summed E-state index contributed by atoms with van der Waals surface area (Å²) >= 11 is 0. The summed E-state index contributed by atoms with van der Waals surface area (Å²) in [4.78, 5) is 22.3. The zero-order chi connectivity index (χ0) is 20.5. The average Bonchev–Trinajstić information content (AvgIpc) is 2.60. The van der Waals surface area contributed by atoms with Crippen molar-refractivity contribution >= 4 is 11.9 Å². The normalized spacial score (nSPS) is 39.6. The molecular weight excluding hydrogens is 374 g/mol. The molecule has 1 fully saturated rings. The quantitative estimate of drug-likeness (QED) is 0.223. The molecule has 27 heavy (non-hydrogen) atoms. The Balaban J connectivity index is 2.24. The molecule has 8 N–H and O–H groups in total. The van der Waals surface area contributed by atoms with Crippen molar-refractivity contribution in [2.45, 2.75) is 56.1 Å². The van der Waals surface area contributed by atoms with Crippen LogP contribution in [0.25, 0.3) is 0 Å². The molecule has 0 saturated carbocycles. The lowest BCUT2D eigenvalue weighted by molar-refractivity contribution is -0.309. The van der Waals surface area contributed by atoms with Crippen molar-refractivity contribution in [3.63, 3.8) is 0 Å². The van der Waals surface area contributed by atoms with E-state index in [1.165, 1.54) is 0 Å². The molecule has 0 bridgehead atoms. The predicted molar refractivity (Wildman–Crippen MR) is 80.6 cm³/mol. The van der Waals surface area contributed by atoms with E-state index in [2.05, 4.69) is 5.32 Å². The van der Waals surface area contributed by atoms with Crippen LogP contribution < -0.4 is 5.32 Å². The Morgan fingerprint density at radius 3 is 2.33 bits per heavy atom. The van der Waals surface area contributed by atoms with Crippen molar-refractivity contribution in [1.82, 2.24) is 5.32 Å². The topological polar surface area (TPSA) is 215 Å². The third-order valence-corrected chi connectivity index (χ3v) is 4.08. The SMILES string of the molecule is CC(=O)N[C@@H]1[C@@H](O)[C@H](O[C@H]2OC(C(=O)O)=C(O)[C@H](O)[C@H]2O)[C@@H](CO)O[C@H]1O. The molecule has 13 heteroatoms. The molecule has 154 valence electrons. The largest absolute Gasteiger partial charge is 0.506 e. The minimum absolute atomic E-state index is 0.617. The van der Waals surface area contributed by atoms with E-state index in [1.54, 1.807) is 0 Å². The van der Waals surface area contributed by atoms with E-state index in [0.717, 1.165) is 6.92 Å². The van der Waals surface area contributed by atoms with E-state index < -0.39 is 79.1 Å². The van der Waals surface area contributed by atoms with E-state index >= 15 is 0 Å². The molecule has 8 atom stereocenters. The van der Waals surface area contributed by atoms with Crippen LogP contribution in [0.1, 0.15) is 6.92 Å². The maximum absolute atomic E-state index is 11.2. The van der Waals surface area contributed by atoms with Gasteiger partial charge in [0.1, 0.15) is 36.6 Å². The van der Waals surface area contributed by atoms with Gasteiger partial charge in [0.05, 0.1) is 6.61 Å². The Kier molecular flexibility index (Phi) is 6.59. The van der Waals surface area contributed by atoms with Crippen LogP contribution in [0.2, 0.25) is 0 Å². The number of hydrogen-bond donors (Lipinski definition) is 8. The molecule has 0 unspecified atom stereocenters. The smallest absolute Gasteiger partial charge is 0.375 e. The monoisotopic (exact) mass is 395 g/mol. The molecule has 1 saturated heterocycles. The van der Waals surface area contributed by atoms with Crippen molar-refractivity contribution in [3.05, 3.63) is 11.5 Å². The standard InChI is InChI=1S/C14H21NO12/c1-3(17)15-5-6(18)10(4(2-16)25-13(5)24)26-14-9(21)7(19)8(20)11(27-14)12(22)23/h4-7,9-10,13-14,16,18-21,24H,2H2,1H3,(H,15,17)(H,22,23)/t4-,5-,6-,7+,9-,10-,13-,14+/m1/s1. The predicted octanol–water partition coefficient (Wildman–Crippen LogP) is -4.12. The summed E-state index contributed by atoms with van der Waals surface area (Å²) in [6.07, 6.45) is -12.1. The van der Waals surface area contributed by atoms with Gasteiger partial charge in [-0.05, 0) is 0 Å². The first-order chi connectivity index (χ1) is 12.6. The molecule has 2 rings (SSSR count). The fraction of sp³-hybridized carbons (Fsp3) is 0.714. The number of ether oxygens (including phenoxy) is 3. The van der Waals surface area contributed by atoms with Crippen LogP contribution in [0.3, 0.4) is 0 Å². The van der Waals surface area contributed by atoms with Crippen LogP contribution in [-0.2, 0) is 23.8 Å². The van der Waals surface area contributed by atoms with Gasteiger partial charge in [-0.1, -0.05) is 0 Å². The first-order valence-corrected chi connectivity index (χ1v) is 7.82. The number of carbonyl (C=O) groups excluding carboxylic acids is 1. The highest BCUT2D eigenvalue weighted by Gasteiger charge is 2.50. The highest BCUT2D eigenvalue weighted by atomic mass is 16.7. The van der Waals surface area contributed by atoms with Crippen molar-refractivity contribution < 1.29 is 59.5 Å². The first-order valence-electron chi connectivity index (χ1n) is 7.82. The van der Waals surface area contributed by atoms with Gasteiger partial charge in [0.15, 0.2) is 12.0 Å². The fourth-order valence-electron chi connectivity index (χ4n) is 2.75. The van der Waals surface area contributed by atoms with Crippen molar-refractivity contribution in [2.75, 3.05) is 6.61 Å². The molecule has 2 heterocycles. The lowest BCUT2D eigenvalue weighted by Crippen LogP contribution is -2.66. The lowest BCUT2D eigenvalue weighted by Gasteiger charge is -2.44. The van der Waals surface area contributed by atoms with E-state index in [-0.39, 0.29) is 0 Å². The number of amides is 1. The maximum atomic E-state index is 11.2. The van der Waals surface area contributed by atoms with Gasteiger partial charge in [0.2, 0.25) is 18.0 Å². The molecule has 2 aliphatic rings. The summed E-state index contributed by atoms with van der Waals surface area (Å²) in [5, 5.41) is 70.1. The molecule has 0 aliphatic carbocycles. The summed E-state index contributed by atoms with van der Waals surface area (Å²) in [5.41, 5.74) is 0. The molecule has 0 radical (unpaired) electrons. The first kappa shape index (κ1) is 21.3. The number of hydrogen-bond acceptors (Lipinski definition) is 11. The van der Waals surface area contributed by atoms with Gasteiger partial charge in [0, 0.05) is 6.92 Å². The van der Waals surface area contributed by atoms with E-state index in [9.17, 15) is 40.2 Å². The number of carbonyl (C=O) groups is 2. The number of carboxylic acid groups (broad SMARTS) is 1. The van der Waals surface area contributed by atoms with Crippen LogP contribution in [0, 0.1) is 0 Å². The van der Waals surface area contributed by atoms with Crippen molar-refractivity contribution in [3.8, 4) is 0 Å². The van der Waals surface area contributed by atoms with Crippen molar-refractivity contribution in [2.24, 2.45) is 0 Å². The van der Waals surface area contributed by atoms with Gasteiger partial charge in [0.25, 0.3) is 0 Å². The van der Waals surface area contributed by atoms with Gasteiger partial charge in [-0.25, -0.2) is 4.79 Å². The number of nitrogens with one attached hydrogen (secondary N) is 1. The number of aliphatic hydroxyl groups is 6. The number of rotatable bonds is 5. The van der Waals surface area contributed by atoms with Crippen LogP contribution in [0.4, 0.5) is 0 Å². The number of carboxylic acids is 1. The third kappa shape index (κ3) is 4.30. The summed E-state index contributed by atoms with van der Waals surface area (Å²) in [7, 11) is 0. The van der Waals surface area contributed by atoms with E-state index in [1.807, 2.05) is 0 Å². The second kappa shape index (κ2) is 8.35. The van der Waals surface area contributed by atoms with Crippen LogP contribution in [-0.4, -0.2) is 103 Å². The molecule has 0 spiro atoms. The zero-order valence-corrected chi connectivity index (χ0v) is 14.0. The molecule has 13 nitrogen and oxygen atoms in total. The number of aliphatic hydroxyl groups excluding tert-OH is 6. The summed E-state index contributed by atoms with van der Waals surface area (Å²) in [6, 6.07) is -1.37. The third-order valence-electron chi connectivity index (χ3n) is 4.08. The molecule has 2 aliphatic heterocycles. The highest BCUT2D eigenvalue weighted by molar-refractivity contribution is 5.85. The van der Waals surface area contributed by atoms with Gasteiger partial charge in [-0.3, -0.25) is 4.79 Å². The number of aliphatic carboxylic acids is 1. The van der Waals surface area contributed by atoms with Crippen LogP contribution in [0.15, 0.2) is 11.5 Å². The summed E-state index contributed by atoms with van der Waals surface area (Å²) in [6.45, 7) is 0.355. The minimum Gasteiger partial charge on any atom is -0.506 e. The summed E-state index contributed by atoms with van der Waals surface area (Å²) in [5.74, 6) is -4.57. The maximum Gasteiger partial charge on any atom is 0.375 e. The van der Waals surface area contributed by atoms with Crippen molar-refractivity contribution in [1.29, 1.82) is 0 Å². The molecule has 0 aromatic rings. The van der Waals surface area contributed by atoms with Gasteiger partial charge in [-0.15, -0.1) is 0 Å². The van der Waals surface area contributed by atoms with Gasteiger partial charge in [-0.2, -0.15) is 0 Å². The minimum atomic E-state index is -2.05. The molecule has 1 amide bonds. The van der Waals surface area contributed by atoms with E-state index in [0.29, 0.717) is 0 Å². The Morgan fingerprint density at radius 1 is 1.19 bits per heavy atom. The summed E-state index contributed by atoms with van der Waals surface area (Å²) < 4.78 is 15.2. The Labute approximate surface area is 152 Å². The van der Waals surface area contributed by atoms with Crippen LogP contribution in [0.5, 0.6) is 0 Å². The second-order valence-electron chi connectivity index (χ2n) is 6.01. The molecule has 0 aromatic carbocycles. The van der Waals surface area contributed by atoms with E-state index in [4.69, 9.17) is 19.3 Å². The molecular formula is C14H21NO12. The Hall–Kier alpha value is -2.00. The van der Waals surface area contributed by atoms with Gasteiger partial charge < -0.3 is 55.3 Å². The zero-order valence-electron chi connectivity index (χ0n) is 14.0.